The SMILES string of the molecule is CCCOc1nc(NCC)nc(Sc2ncns2)n1. The van der Waals surface area contributed by atoms with E-state index in [1.165, 1.54) is 29.6 Å². The van der Waals surface area contributed by atoms with Crippen LogP contribution in [0.25, 0.3) is 0 Å². The lowest BCUT2D eigenvalue weighted by atomic mass is 10.5. The van der Waals surface area contributed by atoms with Crippen LogP contribution in [0.4, 0.5) is 5.95 Å². The van der Waals surface area contributed by atoms with Crippen LogP contribution in [0.3, 0.4) is 0 Å². The summed E-state index contributed by atoms with van der Waals surface area (Å²) in [5.74, 6) is 0.510. The molecule has 0 bridgehead atoms. The molecule has 0 amide bonds. The van der Waals surface area contributed by atoms with Crippen molar-refractivity contribution < 1.29 is 4.74 Å². The first-order valence-corrected chi connectivity index (χ1v) is 7.48. The number of rotatable bonds is 7. The van der Waals surface area contributed by atoms with Crippen molar-refractivity contribution in [2.75, 3.05) is 18.5 Å². The average Bonchev–Trinajstić information content (AvgIpc) is 2.89. The van der Waals surface area contributed by atoms with E-state index in [-0.39, 0.29) is 0 Å². The van der Waals surface area contributed by atoms with Crippen molar-refractivity contribution in [2.45, 2.75) is 29.8 Å². The van der Waals surface area contributed by atoms with E-state index in [0.717, 1.165) is 17.3 Å². The van der Waals surface area contributed by atoms with Gasteiger partial charge in [0.15, 0.2) is 4.34 Å². The number of nitrogens with one attached hydrogen (secondary N) is 1. The molecule has 2 heterocycles. The third kappa shape index (κ3) is 4.28. The lowest BCUT2D eigenvalue weighted by Crippen LogP contribution is -2.07. The number of aromatic nitrogens is 5. The average molecular weight is 298 g/mol. The number of anilines is 1. The summed E-state index contributed by atoms with van der Waals surface area (Å²) in [5.41, 5.74) is 0. The highest BCUT2D eigenvalue weighted by Crippen LogP contribution is 2.26. The summed E-state index contributed by atoms with van der Waals surface area (Å²) < 4.78 is 10.2. The van der Waals surface area contributed by atoms with Crippen LogP contribution in [-0.2, 0) is 0 Å². The van der Waals surface area contributed by atoms with Gasteiger partial charge in [-0.15, -0.1) is 0 Å². The van der Waals surface area contributed by atoms with Crippen LogP contribution in [0.2, 0.25) is 0 Å². The van der Waals surface area contributed by atoms with Crippen LogP contribution >= 0.6 is 23.3 Å². The fourth-order valence-electron chi connectivity index (χ4n) is 1.16. The summed E-state index contributed by atoms with van der Waals surface area (Å²) in [7, 11) is 0. The second-order valence-corrected chi connectivity index (χ2v) is 5.41. The van der Waals surface area contributed by atoms with E-state index in [2.05, 4.69) is 29.6 Å². The fourth-order valence-corrected chi connectivity index (χ4v) is 2.46. The number of ether oxygens (including phenoxy) is 1. The zero-order valence-electron chi connectivity index (χ0n) is 10.7. The molecule has 0 aromatic carbocycles. The van der Waals surface area contributed by atoms with Gasteiger partial charge < -0.3 is 10.1 Å². The molecule has 0 saturated heterocycles. The minimum atomic E-state index is 0.333. The molecule has 9 heteroatoms. The van der Waals surface area contributed by atoms with Gasteiger partial charge in [-0.1, -0.05) is 6.92 Å². The van der Waals surface area contributed by atoms with E-state index in [0.29, 0.717) is 23.7 Å². The van der Waals surface area contributed by atoms with E-state index in [4.69, 9.17) is 4.74 Å². The predicted molar refractivity (Wildman–Crippen MR) is 73.8 cm³/mol. The Labute approximate surface area is 119 Å². The van der Waals surface area contributed by atoms with Crippen molar-refractivity contribution in [1.29, 1.82) is 0 Å². The van der Waals surface area contributed by atoms with Crippen LogP contribution in [0.15, 0.2) is 15.8 Å². The van der Waals surface area contributed by atoms with Crippen molar-refractivity contribution in [2.24, 2.45) is 0 Å². The smallest absolute Gasteiger partial charge is 0.322 e. The monoisotopic (exact) mass is 298 g/mol. The van der Waals surface area contributed by atoms with Gasteiger partial charge in [-0.2, -0.15) is 19.3 Å². The molecule has 0 aliphatic heterocycles. The Kier molecular flexibility index (Phi) is 5.28. The molecular formula is C10H14N6OS2. The van der Waals surface area contributed by atoms with Crippen molar-refractivity contribution in [3.8, 4) is 6.01 Å². The second-order valence-electron chi connectivity index (χ2n) is 3.41. The Hall–Kier alpha value is -1.48. The summed E-state index contributed by atoms with van der Waals surface area (Å²) in [6, 6.07) is 0.333. The molecule has 19 heavy (non-hydrogen) atoms. The minimum absolute atomic E-state index is 0.333. The van der Waals surface area contributed by atoms with Crippen LogP contribution < -0.4 is 10.1 Å². The molecule has 0 saturated carbocycles. The highest BCUT2D eigenvalue weighted by Gasteiger charge is 2.10. The molecule has 0 fully saturated rings. The van der Waals surface area contributed by atoms with E-state index >= 15 is 0 Å². The van der Waals surface area contributed by atoms with Crippen molar-refractivity contribution in [3.05, 3.63) is 6.33 Å². The molecular weight excluding hydrogens is 284 g/mol. The Morgan fingerprint density at radius 1 is 1.32 bits per heavy atom. The highest BCUT2D eigenvalue weighted by molar-refractivity contribution is 8.00. The molecule has 0 aliphatic rings. The number of nitrogens with zero attached hydrogens (tertiary/aromatic N) is 5. The van der Waals surface area contributed by atoms with Crippen LogP contribution in [0.1, 0.15) is 20.3 Å². The second kappa shape index (κ2) is 7.19. The molecule has 0 aliphatic carbocycles. The zero-order valence-corrected chi connectivity index (χ0v) is 12.3. The Balaban J connectivity index is 2.17. The van der Waals surface area contributed by atoms with Gasteiger partial charge in [0.05, 0.1) is 6.61 Å². The Morgan fingerprint density at radius 3 is 2.89 bits per heavy atom. The summed E-state index contributed by atoms with van der Waals surface area (Å²) >= 11 is 2.65. The minimum Gasteiger partial charge on any atom is -0.463 e. The van der Waals surface area contributed by atoms with Gasteiger partial charge in [0.2, 0.25) is 11.1 Å². The lowest BCUT2D eigenvalue weighted by Gasteiger charge is -2.07. The summed E-state index contributed by atoms with van der Waals surface area (Å²) in [6.45, 7) is 5.33. The number of hydrogen-bond acceptors (Lipinski definition) is 9. The zero-order chi connectivity index (χ0) is 13.5. The number of hydrogen-bond donors (Lipinski definition) is 1. The Morgan fingerprint density at radius 2 is 2.21 bits per heavy atom. The Bertz CT molecular complexity index is 507. The topological polar surface area (TPSA) is 85.7 Å². The molecule has 0 radical (unpaired) electrons. The fraction of sp³-hybridized carbons (Fsp3) is 0.500. The van der Waals surface area contributed by atoms with Crippen molar-refractivity contribution >= 4 is 29.2 Å². The van der Waals surface area contributed by atoms with Crippen molar-refractivity contribution in [3.63, 3.8) is 0 Å². The molecule has 2 rings (SSSR count). The first-order valence-electron chi connectivity index (χ1n) is 5.89. The van der Waals surface area contributed by atoms with Gasteiger partial charge in [0, 0.05) is 6.54 Å². The molecule has 0 atom stereocenters. The lowest BCUT2D eigenvalue weighted by molar-refractivity contribution is 0.288. The van der Waals surface area contributed by atoms with Crippen molar-refractivity contribution in [1.82, 2.24) is 24.3 Å². The standard InChI is InChI=1S/C10H14N6OS2/c1-3-5-17-8-14-7(11-4-2)15-9(16-8)18-10-12-6-13-19-10/h6H,3-5H2,1-2H3,(H,11,14,15,16). The van der Waals surface area contributed by atoms with Crippen LogP contribution in [0, 0.1) is 0 Å². The van der Waals surface area contributed by atoms with E-state index < -0.39 is 0 Å². The molecule has 0 spiro atoms. The third-order valence-electron chi connectivity index (χ3n) is 1.88. The molecule has 1 N–H and O–H groups in total. The van der Waals surface area contributed by atoms with Gasteiger partial charge >= 0.3 is 6.01 Å². The maximum atomic E-state index is 5.45. The largest absolute Gasteiger partial charge is 0.463 e. The molecule has 0 unspecified atom stereocenters. The van der Waals surface area contributed by atoms with Gasteiger partial charge in [0.1, 0.15) is 6.33 Å². The molecule has 7 nitrogen and oxygen atoms in total. The van der Waals surface area contributed by atoms with Gasteiger partial charge in [0.25, 0.3) is 0 Å². The maximum absolute atomic E-state index is 5.45. The first-order chi connectivity index (χ1) is 9.31. The third-order valence-corrected chi connectivity index (χ3v) is 3.46. The maximum Gasteiger partial charge on any atom is 0.322 e. The summed E-state index contributed by atoms with van der Waals surface area (Å²) in [5, 5.41) is 3.61. The van der Waals surface area contributed by atoms with E-state index in [1.807, 2.05) is 13.8 Å². The van der Waals surface area contributed by atoms with E-state index in [9.17, 15) is 0 Å². The molecule has 2 aromatic heterocycles. The van der Waals surface area contributed by atoms with E-state index in [1.54, 1.807) is 0 Å². The predicted octanol–water partition coefficient (Wildman–Crippen LogP) is 2.09. The van der Waals surface area contributed by atoms with Crippen LogP contribution in [-0.4, -0.2) is 37.5 Å². The normalized spacial score (nSPS) is 10.4. The van der Waals surface area contributed by atoms with Crippen LogP contribution in [0.5, 0.6) is 6.01 Å². The van der Waals surface area contributed by atoms with Gasteiger partial charge in [-0.25, -0.2) is 4.98 Å². The summed E-state index contributed by atoms with van der Waals surface area (Å²) in [4.78, 5) is 16.8. The first kappa shape index (κ1) is 13.9. The molecule has 102 valence electrons. The quantitative estimate of drug-likeness (QED) is 0.831. The van der Waals surface area contributed by atoms with Gasteiger partial charge in [-0.05, 0) is 36.6 Å². The summed E-state index contributed by atoms with van der Waals surface area (Å²) in [6.07, 6.45) is 2.41. The highest BCUT2D eigenvalue weighted by atomic mass is 32.2. The molecule has 2 aromatic rings. The van der Waals surface area contributed by atoms with Gasteiger partial charge in [-0.3, -0.25) is 0 Å².